The summed E-state index contributed by atoms with van der Waals surface area (Å²) < 4.78 is 0. The first-order valence-electron chi connectivity index (χ1n) is 6.93. The second-order valence-electron chi connectivity index (χ2n) is 4.91. The van der Waals surface area contributed by atoms with Crippen molar-refractivity contribution in [1.82, 2.24) is 10.6 Å². The Morgan fingerprint density at radius 1 is 1.16 bits per heavy atom. The zero-order chi connectivity index (χ0) is 12.9. The van der Waals surface area contributed by atoms with Gasteiger partial charge in [-0.2, -0.15) is 0 Å². The van der Waals surface area contributed by atoms with E-state index in [2.05, 4.69) is 56.9 Å². The van der Waals surface area contributed by atoms with E-state index in [9.17, 15) is 0 Å². The zero-order valence-electron chi connectivity index (χ0n) is 11.1. The summed E-state index contributed by atoms with van der Waals surface area (Å²) in [5.74, 6) is 0.930. The SMILES string of the molecule is C1=CCN(c2ccc(CNC3=NCCCN3)cc2)C1. The molecule has 1 aromatic carbocycles. The molecule has 3 rings (SSSR count). The van der Waals surface area contributed by atoms with Crippen molar-refractivity contribution in [3.8, 4) is 0 Å². The molecule has 2 aliphatic heterocycles. The topological polar surface area (TPSA) is 39.7 Å². The number of nitrogens with one attached hydrogen (secondary N) is 2. The van der Waals surface area contributed by atoms with E-state index in [0.29, 0.717) is 0 Å². The summed E-state index contributed by atoms with van der Waals surface area (Å²) in [6.07, 6.45) is 5.55. The molecule has 0 spiro atoms. The van der Waals surface area contributed by atoms with Crippen molar-refractivity contribution < 1.29 is 0 Å². The van der Waals surface area contributed by atoms with Gasteiger partial charge >= 0.3 is 0 Å². The first-order valence-corrected chi connectivity index (χ1v) is 6.93. The Morgan fingerprint density at radius 3 is 2.63 bits per heavy atom. The second kappa shape index (κ2) is 5.78. The standard InChI is InChI=1S/C15H20N4/c1-2-11-19(10-1)14-6-4-13(5-7-14)12-18-15-16-8-3-9-17-15/h1-2,4-7H,3,8-12H2,(H2,16,17,18). The van der Waals surface area contributed by atoms with Crippen LogP contribution in [0.5, 0.6) is 0 Å². The van der Waals surface area contributed by atoms with Crippen LogP contribution in [0.1, 0.15) is 12.0 Å². The molecule has 0 aromatic heterocycles. The third-order valence-electron chi connectivity index (χ3n) is 3.48. The summed E-state index contributed by atoms with van der Waals surface area (Å²) in [5, 5.41) is 6.61. The molecule has 2 aliphatic rings. The molecule has 0 fully saturated rings. The minimum atomic E-state index is 0.824. The van der Waals surface area contributed by atoms with Crippen LogP contribution in [0.15, 0.2) is 41.4 Å². The summed E-state index contributed by atoms with van der Waals surface area (Å²) in [4.78, 5) is 6.75. The average Bonchev–Trinajstić information content (AvgIpc) is 3.01. The molecule has 100 valence electrons. The zero-order valence-corrected chi connectivity index (χ0v) is 11.1. The molecule has 0 radical (unpaired) electrons. The van der Waals surface area contributed by atoms with Gasteiger partial charge in [0.1, 0.15) is 0 Å². The third-order valence-corrected chi connectivity index (χ3v) is 3.48. The minimum absolute atomic E-state index is 0.824. The predicted octanol–water partition coefficient (Wildman–Crippen LogP) is 1.50. The largest absolute Gasteiger partial charge is 0.364 e. The molecule has 4 heteroatoms. The molecule has 0 atom stereocenters. The lowest BCUT2D eigenvalue weighted by atomic mass is 10.2. The van der Waals surface area contributed by atoms with E-state index >= 15 is 0 Å². The monoisotopic (exact) mass is 256 g/mol. The molecular formula is C15H20N4. The van der Waals surface area contributed by atoms with Crippen molar-refractivity contribution in [3.05, 3.63) is 42.0 Å². The van der Waals surface area contributed by atoms with Crippen LogP contribution >= 0.6 is 0 Å². The normalized spacial score (nSPS) is 18.1. The molecule has 2 heterocycles. The molecule has 19 heavy (non-hydrogen) atoms. The number of hydrogen-bond donors (Lipinski definition) is 2. The summed E-state index contributed by atoms with van der Waals surface area (Å²) >= 11 is 0. The summed E-state index contributed by atoms with van der Waals surface area (Å²) in [7, 11) is 0. The smallest absolute Gasteiger partial charge is 0.191 e. The van der Waals surface area contributed by atoms with Crippen molar-refractivity contribution in [3.63, 3.8) is 0 Å². The lowest BCUT2D eigenvalue weighted by molar-refractivity contribution is 0.702. The highest BCUT2D eigenvalue weighted by Crippen LogP contribution is 2.17. The molecular weight excluding hydrogens is 236 g/mol. The maximum Gasteiger partial charge on any atom is 0.191 e. The first kappa shape index (κ1) is 12.1. The second-order valence-corrected chi connectivity index (χ2v) is 4.91. The minimum Gasteiger partial charge on any atom is -0.364 e. The van der Waals surface area contributed by atoms with Crippen LogP contribution < -0.4 is 15.5 Å². The highest BCUT2D eigenvalue weighted by molar-refractivity contribution is 5.80. The predicted molar refractivity (Wildman–Crippen MR) is 79.6 cm³/mol. The Balaban J connectivity index is 1.55. The Hall–Kier alpha value is -1.97. The highest BCUT2D eigenvalue weighted by Gasteiger charge is 2.07. The molecule has 0 saturated carbocycles. The van der Waals surface area contributed by atoms with E-state index in [0.717, 1.165) is 45.1 Å². The van der Waals surface area contributed by atoms with Crippen molar-refractivity contribution in [2.24, 2.45) is 4.99 Å². The van der Waals surface area contributed by atoms with Crippen LogP contribution in [0, 0.1) is 0 Å². The van der Waals surface area contributed by atoms with Crippen LogP contribution in [-0.2, 0) is 6.54 Å². The fourth-order valence-electron chi connectivity index (χ4n) is 2.35. The highest BCUT2D eigenvalue weighted by atomic mass is 15.2. The van der Waals surface area contributed by atoms with E-state index in [4.69, 9.17) is 0 Å². The van der Waals surface area contributed by atoms with Crippen LogP contribution in [0.2, 0.25) is 0 Å². The van der Waals surface area contributed by atoms with Gasteiger partial charge in [0.05, 0.1) is 0 Å². The van der Waals surface area contributed by atoms with Gasteiger partial charge in [0.25, 0.3) is 0 Å². The number of hydrogen-bond acceptors (Lipinski definition) is 4. The molecule has 0 bridgehead atoms. The summed E-state index contributed by atoms with van der Waals surface area (Å²) in [5.41, 5.74) is 2.58. The fourth-order valence-corrected chi connectivity index (χ4v) is 2.35. The number of nitrogens with zero attached hydrogens (tertiary/aromatic N) is 2. The third kappa shape index (κ3) is 3.08. The Labute approximate surface area is 114 Å². The van der Waals surface area contributed by atoms with E-state index in [-0.39, 0.29) is 0 Å². The quantitative estimate of drug-likeness (QED) is 0.805. The van der Waals surface area contributed by atoms with Gasteiger partial charge in [-0.25, -0.2) is 0 Å². The summed E-state index contributed by atoms with van der Waals surface area (Å²) in [6, 6.07) is 8.76. The molecule has 4 nitrogen and oxygen atoms in total. The maximum atomic E-state index is 4.40. The van der Waals surface area contributed by atoms with Gasteiger partial charge in [-0.3, -0.25) is 4.99 Å². The van der Waals surface area contributed by atoms with E-state index < -0.39 is 0 Å². The van der Waals surface area contributed by atoms with Crippen LogP contribution in [-0.4, -0.2) is 32.1 Å². The van der Waals surface area contributed by atoms with Crippen molar-refractivity contribution >= 4 is 11.6 Å². The number of benzene rings is 1. The Morgan fingerprint density at radius 2 is 1.95 bits per heavy atom. The number of anilines is 1. The van der Waals surface area contributed by atoms with Crippen LogP contribution in [0.3, 0.4) is 0 Å². The van der Waals surface area contributed by atoms with Gasteiger partial charge < -0.3 is 15.5 Å². The van der Waals surface area contributed by atoms with Gasteiger partial charge in [0.15, 0.2) is 5.96 Å². The van der Waals surface area contributed by atoms with Crippen molar-refractivity contribution in [2.75, 3.05) is 31.1 Å². The Bertz CT molecular complexity index is 467. The van der Waals surface area contributed by atoms with Gasteiger partial charge in [-0.05, 0) is 24.1 Å². The molecule has 0 amide bonds. The molecule has 0 aliphatic carbocycles. The lowest BCUT2D eigenvalue weighted by Gasteiger charge is -2.18. The van der Waals surface area contributed by atoms with E-state index in [1.807, 2.05) is 0 Å². The molecule has 0 unspecified atom stereocenters. The van der Waals surface area contributed by atoms with Gasteiger partial charge in [0, 0.05) is 38.4 Å². The van der Waals surface area contributed by atoms with Gasteiger partial charge in [-0.15, -0.1) is 0 Å². The number of guanidine groups is 1. The molecule has 1 aromatic rings. The summed E-state index contributed by atoms with van der Waals surface area (Å²) in [6.45, 7) is 4.82. The lowest BCUT2D eigenvalue weighted by Crippen LogP contribution is -2.40. The van der Waals surface area contributed by atoms with E-state index in [1.165, 1.54) is 11.3 Å². The van der Waals surface area contributed by atoms with Gasteiger partial charge in [-0.1, -0.05) is 24.3 Å². The first-order chi connectivity index (χ1) is 9.42. The number of aliphatic imine (C=N–C) groups is 1. The van der Waals surface area contributed by atoms with Crippen molar-refractivity contribution in [1.29, 1.82) is 0 Å². The molecule has 2 N–H and O–H groups in total. The fraction of sp³-hybridized carbons (Fsp3) is 0.400. The average molecular weight is 256 g/mol. The number of rotatable bonds is 3. The maximum absolute atomic E-state index is 4.40. The van der Waals surface area contributed by atoms with Crippen LogP contribution in [0.25, 0.3) is 0 Å². The van der Waals surface area contributed by atoms with Gasteiger partial charge in [0.2, 0.25) is 0 Å². The van der Waals surface area contributed by atoms with Crippen molar-refractivity contribution in [2.45, 2.75) is 13.0 Å². The van der Waals surface area contributed by atoms with E-state index in [1.54, 1.807) is 0 Å². The Kier molecular flexibility index (Phi) is 3.68. The van der Waals surface area contributed by atoms with Crippen LogP contribution in [0.4, 0.5) is 5.69 Å². The molecule has 0 saturated heterocycles.